The van der Waals surface area contributed by atoms with Gasteiger partial charge in [0, 0.05) is 49.8 Å². The van der Waals surface area contributed by atoms with Crippen LogP contribution in [0.3, 0.4) is 0 Å². The summed E-state index contributed by atoms with van der Waals surface area (Å²) in [6, 6.07) is 74.5. The lowest BCUT2D eigenvalue weighted by Gasteiger charge is -2.26. The number of nitrogens with zero attached hydrogens (tertiary/aromatic N) is 1. The van der Waals surface area contributed by atoms with Crippen LogP contribution in [0.5, 0.6) is 0 Å². The molecule has 0 radical (unpaired) electrons. The van der Waals surface area contributed by atoms with Gasteiger partial charge in [0.1, 0.15) is 5.00 Å². The first-order valence-corrected chi connectivity index (χ1v) is 21.0. The number of para-hydroxylation sites is 1. The predicted octanol–water partition coefficient (Wildman–Crippen LogP) is 15.7. The quantitative estimate of drug-likeness (QED) is 0.120. The minimum atomic E-state index is 0.255. The normalized spacial score (nSPS) is 11.6. The zero-order valence-corrected chi connectivity index (χ0v) is 32.7. The van der Waals surface area contributed by atoms with Gasteiger partial charge in [0.15, 0.2) is 0 Å². The maximum atomic E-state index is 2.43. The standard InChI is InChI=1S/C53H41NS2/c1-7-19-40(20-8-1)47(52-50(43-25-13-4-14-26-43)48(37-55-52)41-21-9-2-10-22-41)36-33-39-31-34-46(35-32-39)54(45-29-17-6-18-30-45)53-51(44-27-15-5-16-28-44)49(38-56-53)42-23-11-3-12-24-42/h1-32,34-35,37-38,47H,33,36H2. The molecule has 1 unspecified atom stereocenters. The van der Waals surface area contributed by atoms with E-state index >= 15 is 0 Å². The van der Waals surface area contributed by atoms with Crippen molar-refractivity contribution in [2.24, 2.45) is 0 Å². The average Bonchev–Trinajstić information content (AvgIpc) is 3.92. The van der Waals surface area contributed by atoms with Crippen LogP contribution in [0.4, 0.5) is 16.4 Å². The monoisotopic (exact) mass is 755 g/mol. The third-order valence-electron chi connectivity index (χ3n) is 10.5. The van der Waals surface area contributed by atoms with Gasteiger partial charge < -0.3 is 4.90 Å². The lowest BCUT2D eigenvalue weighted by Crippen LogP contribution is -2.09. The van der Waals surface area contributed by atoms with Crippen molar-refractivity contribution in [3.63, 3.8) is 0 Å². The van der Waals surface area contributed by atoms with E-state index in [1.807, 2.05) is 11.3 Å². The molecule has 0 aliphatic carbocycles. The fourth-order valence-electron chi connectivity index (χ4n) is 7.81. The molecule has 270 valence electrons. The molecule has 0 N–H and O–H groups in total. The topological polar surface area (TPSA) is 3.24 Å². The first-order valence-electron chi connectivity index (χ1n) is 19.3. The maximum absolute atomic E-state index is 2.43. The molecule has 3 heteroatoms. The maximum Gasteiger partial charge on any atom is 0.109 e. The lowest BCUT2D eigenvalue weighted by molar-refractivity contribution is 0.727. The summed E-state index contributed by atoms with van der Waals surface area (Å²) in [6.07, 6.45) is 1.97. The van der Waals surface area contributed by atoms with Crippen molar-refractivity contribution >= 4 is 39.0 Å². The van der Waals surface area contributed by atoms with E-state index in [9.17, 15) is 0 Å². The summed E-state index contributed by atoms with van der Waals surface area (Å²) in [5.74, 6) is 0.255. The Morgan fingerprint density at radius 2 is 0.821 bits per heavy atom. The Labute approximate surface area is 338 Å². The summed E-state index contributed by atoms with van der Waals surface area (Å²) in [4.78, 5) is 3.85. The summed E-state index contributed by atoms with van der Waals surface area (Å²) in [6.45, 7) is 0. The highest BCUT2D eigenvalue weighted by molar-refractivity contribution is 7.15. The van der Waals surface area contributed by atoms with Crippen LogP contribution in [-0.4, -0.2) is 0 Å². The molecule has 0 spiro atoms. The molecule has 0 fully saturated rings. The summed E-state index contributed by atoms with van der Waals surface area (Å²) < 4.78 is 0. The highest BCUT2D eigenvalue weighted by Crippen LogP contribution is 2.50. The van der Waals surface area contributed by atoms with Crippen LogP contribution in [0.1, 0.15) is 28.3 Å². The molecule has 9 rings (SSSR count). The van der Waals surface area contributed by atoms with E-state index in [2.05, 4.69) is 222 Å². The molecule has 0 saturated heterocycles. The predicted molar refractivity (Wildman–Crippen MR) is 242 cm³/mol. The fourth-order valence-corrected chi connectivity index (χ4v) is 10.2. The second kappa shape index (κ2) is 16.6. The number of thiophene rings is 2. The Morgan fingerprint density at radius 3 is 1.38 bits per heavy atom. The number of rotatable bonds is 12. The van der Waals surface area contributed by atoms with Crippen LogP contribution in [0.15, 0.2) is 217 Å². The minimum absolute atomic E-state index is 0.255. The highest BCUT2D eigenvalue weighted by atomic mass is 32.1. The molecule has 9 aromatic rings. The minimum Gasteiger partial charge on any atom is -0.301 e. The molecule has 1 nitrogen and oxygen atoms in total. The van der Waals surface area contributed by atoms with Crippen molar-refractivity contribution < 1.29 is 0 Å². The van der Waals surface area contributed by atoms with Crippen LogP contribution in [0.25, 0.3) is 44.5 Å². The van der Waals surface area contributed by atoms with Crippen molar-refractivity contribution in [2.75, 3.05) is 4.90 Å². The molecule has 0 bridgehead atoms. The molecule has 2 aromatic heterocycles. The van der Waals surface area contributed by atoms with Crippen LogP contribution in [0, 0.1) is 0 Å². The fraction of sp³-hybridized carbons (Fsp3) is 0.0566. The summed E-state index contributed by atoms with van der Waals surface area (Å²) in [5, 5.41) is 5.89. The number of hydrogen-bond donors (Lipinski definition) is 0. The highest BCUT2D eigenvalue weighted by Gasteiger charge is 2.25. The molecular weight excluding hydrogens is 715 g/mol. The Morgan fingerprint density at radius 1 is 0.393 bits per heavy atom. The Kier molecular flexibility index (Phi) is 10.5. The van der Waals surface area contributed by atoms with Gasteiger partial charge in [-0.25, -0.2) is 0 Å². The van der Waals surface area contributed by atoms with Gasteiger partial charge >= 0.3 is 0 Å². The second-order valence-electron chi connectivity index (χ2n) is 14.0. The van der Waals surface area contributed by atoms with Gasteiger partial charge in [0.25, 0.3) is 0 Å². The van der Waals surface area contributed by atoms with Crippen molar-refractivity contribution in [1.29, 1.82) is 0 Å². The van der Waals surface area contributed by atoms with Gasteiger partial charge in [-0.2, -0.15) is 0 Å². The second-order valence-corrected chi connectivity index (χ2v) is 15.8. The zero-order chi connectivity index (χ0) is 37.5. The van der Waals surface area contributed by atoms with Gasteiger partial charge in [-0.1, -0.05) is 182 Å². The first-order chi connectivity index (χ1) is 27.8. The van der Waals surface area contributed by atoms with Gasteiger partial charge in [0.2, 0.25) is 0 Å². The van der Waals surface area contributed by atoms with E-state index in [1.54, 1.807) is 11.3 Å². The smallest absolute Gasteiger partial charge is 0.109 e. The third kappa shape index (κ3) is 7.40. The van der Waals surface area contributed by atoms with Crippen LogP contribution in [-0.2, 0) is 6.42 Å². The summed E-state index contributed by atoms with van der Waals surface area (Å²) >= 11 is 3.70. The molecule has 0 aliphatic heterocycles. The van der Waals surface area contributed by atoms with Crippen LogP contribution in [0.2, 0.25) is 0 Å². The Balaban J connectivity index is 1.08. The SMILES string of the molecule is c1ccc(-c2csc(C(CCc3ccc(N(c4ccccc4)c4scc(-c5ccccc5)c4-c4ccccc4)cc3)c3ccccc3)c2-c2ccccc2)cc1. The number of benzene rings is 7. The molecule has 0 amide bonds. The summed E-state index contributed by atoms with van der Waals surface area (Å²) in [7, 11) is 0. The molecule has 56 heavy (non-hydrogen) atoms. The molecule has 7 aromatic carbocycles. The van der Waals surface area contributed by atoms with Crippen molar-refractivity contribution in [2.45, 2.75) is 18.8 Å². The number of aryl methyl sites for hydroxylation is 1. The molecule has 1 atom stereocenters. The number of anilines is 3. The first kappa shape index (κ1) is 35.4. The Bertz CT molecular complexity index is 2600. The van der Waals surface area contributed by atoms with E-state index < -0.39 is 0 Å². The van der Waals surface area contributed by atoms with Crippen molar-refractivity contribution in [3.8, 4) is 44.5 Å². The van der Waals surface area contributed by atoms with E-state index in [4.69, 9.17) is 0 Å². The summed E-state index contributed by atoms with van der Waals surface area (Å²) in [5.41, 5.74) is 15.1. The van der Waals surface area contributed by atoms with Crippen LogP contribution >= 0.6 is 22.7 Å². The van der Waals surface area contributed by atoms with Gasteiger partial charge in [-0.3, -0.25) is 0 Å². The molecule has 2 heterocycles. The largest absolute Gasteiger partial charge is 0.301 e. The van der Waals surface area contributed by atoms with Crippen LogP contribution < -0.4 is 4.90 Å². The molecule has 0 aliphatic rings. The molecular formula is C53H41NS2. The third-order valence-corrected chi connectivity index (χ3v) is 12.6. The van der Waals surface area contributed by atoms with E-state index in [0.29, 0.717) is 0 Å². The van der Waals surface area contributed by atoms with Crippen molar-refractivity contribution in [3.05, 3.63) is 233 Å². The Hall–Kier alpha value is -6.26. The molecule has 0 saturated carbocycles. The van der Waals surface area contributed by atoms with Gasteiger partial charge in [-0.15, -0.1) is 22.7 Å². The van der Waals surface area contributed by atoms with E-state index in [0.717, 1.165) is 24.2 Å². The van der Waals surface area contributed by atoms with Gasteiger partial charge in [0.05, 0.1) is 0 Å². The van der Waals surface area contributed by atoms with Gasteiger partial charge in [-0.05, 0) is 75.9 Å². The zero-order valence-electron chi connectivity index (χ0n) is 31.0. The van der Waals surface area contributed by atoms with E-state index in [-0.39, 0.29) is 5.92 Å². The number of hydrogen-bond acceptors (Lipinski definition) is 3. The van der Waals surface area contributed by atoms with Crippen molar-refractivity contribution in [1.82, 2.24) is 0 Å². The van der Waals surface area contributed by atoms with E-state index in [1.165, 1.54) is 65.5 Å². The average molecular weight is 756 g/mol. The lowest BCUT2D eigenvalue weighted by atomic mass is 9.86.